The maximum absolute atomic E-state index is 13.0. The molecule has 2 saturated heterocycles. The second-order valence-electron chi connectivity index (χ2n) is 10.9. The Bertz CT molecular complexity index is 1790. The molecule has 0 bridgehead atoms. The maximum Gasteiger partial charge on any atom is 0.515 e. The number of urea groups is 1. The number of carbonyl (C=O) groups is 7. The van der Waals surface area contributed by atoms with Crippen LogP contribution in [-0.2, 0) is 35.1 Å². The molecule has 21 heteroatoms. The van der Waals surface area contributed by atoms with Gasteiger partial charge in [-0.05, 0) is 44.0 Å². The summed E-state index contributed by atoms with van der Waals surface area (Å²) in [5.74, 6) is -3.51. The number of carbonyl (C=O) groups excluding carboxylic acids is 6. The van der Waals surface area contributed by atoms with Gasteiger partial charge in [-0.3, -0.25) is 29.0 Å². The lowest BCUT2D eigenvalue weighted by atomic mass is 10.0. The molecule has 5 rings (SSSR count). The summed E-state index contributed by atoms with van der Waals surface area (Å²) in [6.07, 6.45) is -2.66. The van der Waals surface area contributed by atoms with Gasteiger partial charge in [0.05, 0.1) is 11.4 Å². The number of halogens is 1. The zero-order valence-electron chi connectivity index (χ0n) is 26.7. The molecule has 1 aromatic carbocycles. The van der Waals surface area contributed by atoms with Crippen molar-refractivity contribution >= 4 is 88.2 Å². The van der Waals surface area contributed by atoms with E-state index >= 15 is 0 Å². The average Bonchev–Trinajstić information content (AvgIpc) is 3.49. The zero-order chi connectivity index (χ0) is 36.3. The Morgan fingerprint density at radius 1 is 1.16 bits per heavy atom. The molecule has 1 aromatic heterocycles. The maximum atomic E-state index is 13.0. The molecule has 3 atom stereocenters. The second-order valence-corrected chi connectivity index (χ2v) is 14.8. The second kappa shape index (κ2) is 15.7. The van der Waals surface area contributed by atoms with Gasteiger partial charge in [-0.1, -0.05) is 40.8 Å². The van der Waals surface area contributed by atoms with Crippen LogP contribution in [0.15, 0.2) is 33.8 Å². The first-order valence-corrected chi connectivity index (χ1v) is 18.2. The Hall–Kier alpha value is -4.40. The van der Waals surface area contributed by atoms with Crippen molar-refractivity contribution in [2.24, 2.45) is 0 Å². The van der Waals surface area contributed by atoms with Crippen molar-refractivity contribution < 1.29 is 48.1 Å². The van der Waals surface area contributed by atoms with Crippen LogP contribution >= 0.6 is 46.5 Å². The van der Waals surface area contributed by atoms with E-state index in [4.69, 9.17) is 21.1 Å². The number of thioether (sulfide) groups is 2. The van der Waals surface area contributed by atoms with Crippen LogP contribution in [0, 0.1) is 6.92 Å². The number of piperazine rings is 1. The van der Waals surface area contributed by atoms with Crippen molar-refractivity contribution in [2.75, 3.05) is 31.1 Å². The summed E-state index contributed by atoms with van der Waals surface area (Å²) >= 11 is 10.4. The predicted molar refractivity (Wildman–Crippen MR) is 179 cm³/mol. The van der Waals surface area contributed by atoms with Crippen LogP contribution in [0.3, 0.4) is 0 Å². The minimum absolute atomic E-state index is 0.0213. The molecule has 6 amide bonds. The number of aryl methyl sites for hydroxylation is 1. The molecule has 3 aliphatic rings. The van der Waals surface area contributed by atoms with Crippen molar-refractivity contribution in [3.05, 3.63) is 45.1 Å². The normalized spacial score (nSPS) is 19.4. The number of nitrogens with zero attached hydrogens (tertiary/aromatic N) is 5. The fraction of sp³-hybridized carbons (Fsp3) is 0.414. The van der Waals surface area contributed by atoms with E-state index in [9.17, 15) is 38.7 Å². The van der Waals surface area contributed by atoms with Crippen molar-refractivity contribution in [2.45, 2.75) is 49.2 Å². The van der Waals surface area contributed by atoms with E-state index in [1.807, 2.05) is 6.92 Å². The lowest BCUT2D eigenvalue weighted by Crippen LogP contribution is -2.70. The van der Waals surface area contributed by atoms with Crippen molar-refractivity contribution in [1.82, 2.24) is 35.5 Å². The molecule has 2 aromatic rings. The Balaban J connectivity index is 1.10. The SMILES string of the molecule is CCN1CCN(C(=O)NC(C)OC(=O)Oc2ccc(CC(=O)NC3C(=O)N4C(C(=O)O)=C(CSc5nnc(C)s5)CS[C@@H]34)cc2Cl)C(=O)C1=O. The molecule has 0 radical (unpaired) electrons. The van der Waals surface area contributed by atoms with Crippen LogP contribution in [0.5, 0.6) is 5.75 Å². The first-order valence-electron chi connectivity index (χ1n) is 15.0. The Labute approximate surface area is 302 Å². The molecule has 4 heterocycles. The largest absolute Gasteiger partial charge is 0.515 e. The van der Waals surface area contributed by atoms with Gasteiger partial charge >= 0.3 is 30.0 Å². The third-order valence-electron chi connectivity index (χ3n) is 7.53. The van der Waals surface area contributed by atoms with Crippen molar-refractivity contribution in [3.63, 3.8) is 0 Å². The molecule has 0 saturated carbocycles. The predicted octanol–water partition coefficient (Wildman–Crippen LogP) is 1.84. The number of imide groups is 1. The monoisotopic (exact) mass is 767 g/mol. The van der Waals surface area contributed by atoms with Gasteiger partial charge in [-0.15, -0.1) is 22.0 Å². The van der Waals surface area contributed by atoms with Crippen LogP contribution in [0.4, 0.5) is 9.59 Å². The number of fused-ring (bicyclic) bond motifs is 1. The molecular formula is C29H30ClN7O10S3. The number of rotatable bonds is 11. The molecule has 3 aliphatic heterocycles. The zero-order valence-corrected chi connectivity index (χ0v) is 29.9. The third kappa shape index (κ3) is 8.14. The minimum atomic E-state index is -1.24. The van der Waals surface area contributed by atoms with Crippen molar-refractivity contribution in [3.8, 4) is 5.75 Å². The number of hydrogen-bond acceptors (Lipinski definition) is 14. The standard InChI is InChI=1S/C29H30ClN7O10S3/c1-4-35-7-8-36(24(41)23(35)40)27(44)31-13(2)46-29(45)47-18-6-5-15(9-17(18)30)10-19(38)32-20-22(39)37-21(26(42)43)16(11-48-25(20)37)12-49-28-34-33-14(3)50-28/h5-6,9,13,20,25H,4,7-8,10-12H2,1-3H3,(H,31,44)(H,32,38)(H,42,43)/t13?,20?,25-/m0/s1. The smallest absolute Gasteiger partial charge is 0.477 e. The Kier molecular flexibility index (Phi) is 11.5. The number of carboxylic acid groups (broad SMARTS) is 1. The highest BCUT2D eigenvalue weighted by Crippen LogP contribution is 2.42. The number of likely N-dealkylation sites (N-methyl/N-ethyl adjacent to an activating group) is 1. The van der Waals surface area contributed by atoms with E-state index in [1.54, 1.807) is 6.92 Å². The fourth-order valence-electron chi connectivity index (χ4n) is 5.14. The van der Waals surface area contributed by atoms with Crippen molar-refractivity contribution in [1.29, 1.82) is 0 Å². The van der Waals surface area contributed by atoms with E-state index in [-0.39, 0.29) is 36.0 Å². The van der Waals surface area contributed by atoms with Crippen LogP contribution in [0.2, 0.25) is 5.02 Å². The van der Waals surface area contributed by atoms with Gasteiger partial charge in [0.2, 0.25) is 5.91 Å². The summed E-state index contributed by atoms with van der Waals surface area (Å²) in [6, 6.07) is 2.34. The summed E-state index contributed by atoms with van der Waals surface area (Å²) in [6.45, 7) is 5.32. The van der Waals surface area contributed by atoms with Gasteiger partial charge in [0.25, 0.3) is 5.91 Å². The van der Waals surface area contributed by atoms with Gasteiger partial charge in [-0.2, -0.15) is 0 Å². The quantitative estimate of drug-likeness (QED) is 0.0743. The summed E-state index contributed by atoms with van der Waals surface area (Å²) < 4.78 is 10.8. The molecular weight excluding hydrogens is 738 g/mol. The van der Waals surface area contributed by atoms with Crippen LogP contribution < -0.4 is 15.4 Å². The summed E-state index contributed by atoms with van der Waals surface area (Å²) in [4.78, 5) is 90.3. The topological polar surface area (TPSA) is 218 Å². The number of hydrogen-bond donors (Lipinski definition) is 3. The first-order chi connectivity index (χ1) is 23.8. The fourth-order valence-corrected chi connectivity index (χ4v) is 8.68. The molecule has 2 fully saturated rings. The van der Waals surface area contributed by atoms with E-state index < -0.39 is 59.4 Å². The number of amides is 6. The summed E-state index contributed by atoms with van der Waals surface area (Å²) in [7, 11) is 0. The average molecular weight is 768 g/mol. The molecule has 17 nitrogen and oxygen atoms in total. The van der Waals surface area contributed by atoms with E-state index in [1.165, 1.54) is 69.8 Å². The van der Waals surface area contributed by atoms with E-state index in [2.05, 4.69) is 20.8 Å². The molecule has 2 unspecified atom stereocenters. The lowest BCUT2D eigenvalue weighted by Gasteiger charge is -2.49. The number of aliphatic carboxylic acids is 1. The number of ether oxygens (including phenoxy) is 2. The third-order valence-corrected chi connectivity index (χ3v) is 11.2. The van der Waals surface area contributed by atoms with E-state index in [0.717, 1.165) is 9.91 Å². The molecule has 0 spiro atoms. The van der Waals surface area contributed by atoms with Crippen LogP contribution in [0.25, 0.3) is 0 Å². The molecule has 0 aliphatic carbocycles. The number of benzene rings is 1. The van der Waals surface area contributed by atoms with Crippen LogP contribution in [-0.4, -0.2) is 121 Å². The first kappa shape index (κ1) is 36.9. The van der Waals surface area contributed by atoms with Gasteiger partial charge in [-0.25, -0.2) is 14.4 Å². The number of nitrogens with one attached hydrogen (secondary N) is 2. The molecule has 266 valence electrons. The number of β-lactam (4-membered cyclic amide) rings is 1. The highest BCUT2D eigenvalue weighted by Gasteiger charge is 2.54. The number of carboxylic acids is 1. The van der Waals surface area contributed by atoms with E-state index in [0.29, 0.717) is 33.5 Å². The minimum Gasteiger partial charge on any atom is -0.477 e. The summed E-state index contributed by atoms with van der Waals surface area (Å²) in [5.41, 5.74) is 0.909. The van der Waals surface area contributed by atoms with Gasteiger partial charge in [0.1, 0.15) is 22.1 Å². The van der Waals surface area contributed by atoms with Gasteiger partial charge < -0.3 is 30.1 Å². The van der Waals surface area contributed by atoms with Gasteiger partial charge in [0.15, 0.2) is 16.3 Å². The van der Waals surface area contributed by atoms with Crippen LogP contribution in [0.1, 0.15) is 24.4 Å². The Morgan fingerprint density at radius 2 is 1.92 bits per heavy atom. The van der Waals surface area contributed by atoms with Gasteiger partial charge in [0, 0.05) is 31.1 Å². The number of aromatic nitrogens is 2. The summed E-state index contributed by atoms with van der Waals surface area (Å²) in [5, 5.41) is 23.0. The highest BCUT2D eigenvalue weighted by molar-refractivity contribution is 8.01. The molecule has 50 heavy (non-hydrogen) atoms. The molecule has 3 N–H and O–H groups in total. The lowest BCUT2D eigenvalue weighted by molar-refractivity contribution is -0.153. The highest BCUT2D eigenvalue weighted by atomic mass is 35.5. The Morgan fingerprint density at radius 3 is 2.58 bits per heavy atom.